The van der Waals surface area contributed by atoms with Crippen molar-refractivity contribution in [2.75, 3.05) is 13.2 Å². The molecule has 1 N–H and O–H groups in total. The zero-order chi connectivity index (χ0) is 14.8. The Hall–Kier alpha value is -1.49. The molecule has 0 aliphatic carbocycles. The zero-order valence-corrected chi connectivity index (χ0v) is 11.8. The number of ether oxygens (including phenoxy) is 1. The van der Waals surface area contributed by atoms with Crippen molar-refractivity contribution in [1.82, 2.24) is 4.72 Å². The summed E-state index contributed by atoms with van der Waals surface area (Å²) in [6.07, 6.45) is 0.817. The Morgan fingerprint density at radius 1 is 1.55 bits per heavy atom. The molecule has 0 amide bonds. The van der Waals surface area contributed by atoms with E-state index in [1.165, 1.54) is 0 Å². The highest BCUT2D eigenvalue weighted by Gasteiger charge is 2.26. The van der Waals surface area contributed by atoms with Crippen molar-refractivity contribution >= 4 is 10.0 Å². The van der Waals surface area contributed by atoms with Gasteiger partial charge in [-0.25, -0.2) is 17.5 Å². The predicted molar refractivity (Wildman–Crippen MR) is 69.8 cm³/mol. The van der Waals surface area contributed by atoms with Crippen LogP contribution >= 0.6 is 0 Å². The lowest BCUT2D eigenvalue weighted by molar-refractivity contribution is 0.107. The minimum Gasteiger partial charge on any atom is -0.378 e. The van der Waals surface area contributed by atoms with Gasteiger partial charge >= 0.3 is 0 Å². The first kappa shape index (κ1) is 14.9. The summed E-state index contributed by atoms with van der Waals surface area (Å²) in [5.41, 5.74) is -0.287. The van der Waals surface area contributed by atoms with E-state index in [1.807, 2.05) is 6.92 Å². The van der Waals surface area contributed by atoms with Gasteiger partial charge in [0, 0.05) is 19.1 Å². The number of halogens is 1. The van der Waals surface area contributed by atoms with Crippen LogP contribution in [-0.4, -0.2) is 27.7 Å². The molecule has 2 rings (SSSR count). The molecular weight excluding hydrogens is 283 g/mol. The van der Waals surface area contributed by atoms with E-state index in [-0.39, 0.29) is 29.0 Å². The molecular formula is C13H15FN2O3S. The summed E-state index contributed by atoms with van der Waals surface area (Å²) in [5.74, 6) is -0.607. The number of nitrogens with zero attached hydrogens (tertiary/aromatic N) is 1. The zero-order valence-electron chi connectivity index (χ0n) is 11.0. The Labute approximate surface area is 117 Å². The van der Waals surface area contributed by atoms with Crippen molar-refractivity contribution in [3.63, 3.8) is 0 Å². The molecule has 0 spiro atoms. The fraction of sp³-hybridized carbons (Fsp3) is 0.462. The van der Waals surface area contributed by atoms with Crippen molar-refractivity contribution in [3.8, 4) is 6.07 Å². The highest BCUT2D eigenvalue weighted by molar-refractivity contribution is 7.89. The summed E-state index contributed by atoms with van der Waals surface area (Å²) >= 11 is 0. The molecule has 1 heterocycles. The van der Waals surface area contributed by atoms with E-state index in [0.29, 0.717) is 6.61 Å². The van der Waals surface area contributed by atoms with E-state index in [2.05, 4.69) is 4.72 Å². The molecule has 0 saturated carbocycles. The highest BCUT2D eigenvalue weighted by atomic mass is 32.2. The van der Waals surface area contributed by atoms with Crippen LogP contribution < -0.4 is 4.72 Å². The molecule has 108 valence electrons. The van der Waals surface area contributed by atoms with Crippen molar-refractivity contribution in [2.24, 2.45) is 5.92 Å². The second kappa shape index (κ2) is 5.87. The van der Waals surface area contributed by atoms with E-state index in [0.717, 1.165) is 24.6 Å². The quantitative estimate of drug-likeness (QED) is 0.911. The number of hydrogen-bond acceptors (Lipinski definition) is 4. The third-order valence-corrected chi connectivity index (χ3v) is 4.86. The van der Waals surface area contributed by atoms with Crippen LogP contribution in [0, 0.1) is 23.1 Å². The Kier molecular flexibility index (Phi) is 4.38. The molecule has 1 aliphatic rings. The summed E-state index contributed by atoms with van der Waals surface area (Å²) in [7, 11) is -3.74. The molecule has 1 aliphatic heterocycles. The molecule has 7 heteroatoms. The second-order valence-electron chi connectivity index (χ2n) is 4.73. The molecule has 0 bridgehead atoms. The number of benzene rings is 1. The first-order valence-electron chi connectivity index (χ1n) is 6.25. The predicted octanol–water partition coefficient (Wildman–Crippen LogP) is 1.40. The molecule has 2 unspecified atom stereocenters. The Balaban J connectivity index is 2.12. The van der Waals surface area contributed by atoms with Gasteiger partial charge in [-0.2, -0.15) is 5.26 Å². The molecule has 1 fully saturated rings. The van der Waals surface area contributed by atoms with Crippen LogP contribution in [0.2, 0.25) is 0 Å². The molecule has 2 atom stereocenters. The summed E-state index contributed by atoms with van der Waals surface area (Å²) in [4.78, 5) is -0.109. The first-order chi connectivity index (χ1) is 9.44. The average Bonchev–Trinajstić information content (AvgIpc) is 2.82. The summed E-state index contributed by atoms with van der Waals surface area (Å²) in [6.45, 7) is 2.79. The lowest BCUT2D eigenvalue weighted by Gasteiger charge is -2.15. The fourth-order valence-electron chi connectivity index (χ4n) is 2.10. The van der Waals surface area contributed by atoms with E-state index in [4.69, 9.17) is 10.00 Å². The Morgan fingerprint density at radius 2 is 2.30 bits per heavy atom. The summed E-state index contributed by atoms with van der Waals surface area (Å²) in [6, 6.07) is 4.79. The molecule has 20 heavy (non-hydrogen) atoms. The largest absolute Gasteiger partial charge is 0.378 e. The van der Waals surface area contributed by atoms with Gasteiger partial charge in [0.1, 0.15) is 11.9 Å². The smallest absolute Gasteiger partial charge is 0.240 e. The topological polar surface area (TPSA) is 79.2 Å². The van der Waals surface area contributed by atoms with Gasteiger partial charge < -0.3 is 4.74 Å². The van der Waals surface area contributed by atoms with Crippen molar-refractivity contribution in [3.05, 3.63) is 29.6 Å². The van der Waals surface area contributed by atoms with Crippen molar-refractivity contribution < 1.29 is 17.5 Å². The van der Waals surface area contributed by atoms with Crippen LogP contribution in [-0.2, 0) is 14.8 Å². The normalized spacial score (nSPS) is 22.6. The maximum atomic E-state index is 13.2. The van der Waals surface area contributed by atoms with Gasteiger partial charge in [-0.05, 0) is 31.5 Å². The van der Waals surface area contributed by atoms with Gasteiger partial charge in [-0.15, -0.1) is 0 Å². The number of sulfonamides is 1. The van der Waals surface area contributed by atoms with Crippen LogP contribution in [0.15, 0.2) is 23.1 Å². The molecule has 0 aromatic heterocycles. The number of nitriles is 1. The minimum absolute atomic E-state index is 0.0144. The first-order valence-corrected chi connectivity index (χ1v) is 7.73. The van der Waals surface area contributed by atoms with E-state index >= 15 is 0 Å². The highest BCUT2D eigenvalue weighted by Crippen LogP contribution is 2.20. The van der Waals surface area contributed by atoms with Gasteiger partial charge in [-0.3, -0.25) is 0 Å². The summed E-state index contributed by atoms with van der Waals surface area (Å²) in [5, 5.41) is 8.72. The third-order valence-electron chi connectivity index (χ3n) is 3.44. The van der Waals surface area contributed by atoms with Gasteiger partial charge in [0.25, 0.3) is 0 Å². The monoisotopic (exact) mass is 298 g/mol. The lowest BCUT2D eigenvalue weighted by Crippen LogP contribution is -2.32. The van der Waals surface area contributed by atoms with Crippen molar-refractivity contribution in [1.29, 1.82) is 5.26 Å². The summed E-state index contributed by atoms with van der Waals surface area (Å²) < 4.78 is 45.2. The second-order valence-corrected chi connectivity index (χ2v) is 6.50. The molecule has 5 nitrogen and oxygen atoms in total. The molecule has 1 aromatic rings. The maximum absolute atomic E-state index is 13.2. The van der Waals surface area contributed by atoms with Gasteiger partial charge in [0.15, 0.2) is 0 Å². The molecule has 0 radical (unpaired) electrons. The third kappa shape index (κ3) is 3.15. The van der Waals surface area contributed by atoms with Crippen LogP contribution in [0.5, 0.6) is 0 Å². The van der Waals surface area contributed by atoms with Crippen LogP contribution in [0.25, 0.3) is 0 Å². The number of hydrogen-bond donors (Lipinski definition) is 1. The molecule has 1 saturated heterocycles. The average molecular weight is 298 g/mol. The van der Waals surface area contributed by atoms with Crippen LogP contribution in [0.3, 0.4) is 0 Å². The van der Waals surface area contributed by atoms with E-state index < -0.39 is 15.8 Å². The molecule has 1 aromatic carbocycles. The van der Waals surface area contributed by atoms with E-state index in [9.17, 15) is 12.8 Å². The fourth-order valence-corrected chi connectivity index (χ4v) is 3.22. The van der Waals surface area contributed by atoms with Gasteiger partial charge in [0.05, 0.1) is 16.6 Å². The number of rotatable bonds is 4. The SMILES string of the molecule is CC1OCCC1CNS(=O)(=O)c1ccc(F)c(C#N)c1. The minimum atomic E-state index is -3.74. The Bertz CT molecular complexity index is 640. The van der Waals surface area contributed by atoms with Crippen LogP contribution in [0.4, 0.5) is 4.39 Å². The van der Waals surface area contributed by atoms with E-state index in [1.54, 1.807) is 6.07 Å². The van der Waals surface area contributed by atoms with Gasteiger partial charge in [0.2, 0.25) is 10.0 Å². The number of nitrogens with one attached hydrogen (secondary N) is 1. The van der Waals surface area contributed by atoms with Crippen molar-refractivity contribution in [2.45, 2.75) is 24.3 Å². The van der Waals surface area contributed by atoms with Gasteiger partial charge in [-0.1, -0.05) is 0 Å². The standard InChI is InChI=1S/C13H15FN2O3S/c1-9-10(4-5-19-9)8-16-20(17,18)12-2-3-13(14)11(6-12)7-15/h2-3,6,9-10,16H,4-5,8H2,1H3. The lowest BCUT2D eigenvalue weighted by atomic mass is 10.0. The van der Waals surface area contributed by atoms with Crippen LogP contribution in [0.1, 0.15) is 18.9 Å². The maximum Gasteiger partial charge on any atom is 0.240 e. The Morgan fingerprint density at radius 3 is 2.90 bits per heavy atom.